The Bertz CT molecular complexity index is 1440. The summed E-state index contributed by atoms with van der Waals surface area (Å²) in [6.07, 6.45) is 0. The van der Waals surface area contributed by atoms with Gasteiger partial charge in [-0.1, -0.05) is 24.3 Å². The minimum absolute atomic E-state index is 0.153. The van der Waals surface area contributed by atoms with E-state index in [1.54, 1.807) is 24.3 Å². The minimum atomic E-state index is -3.87. The van der Waals surface area contributed by atoms with Gasteiger partial charge in [0.15, 0.2) is 0 Å². The van der Waals surface area contributed by atoms with Crippen LogP contribution in [0.4, 0.5) is 15.8 Å². The molecule has 0 fully saturated rings. The van der Waals surface area contributed by atoms with Crippen molar-refractivity contribution in [1.29, 1.82) is 0 Å². The molecule has 0 aliphatic carbocycles. The highest BCUT2D eigenvalue weighted by Gasteiger charge is 2.37. The standard InChI is InChI=1S/C23H18FN3O3S2/c1-15-25-18(14-31-15)12-26(19-10-8-17(24)9-11-19)22(28)13-27-20-6-2-4-16-5-3-7-21(23(16)20)32(27,29)30/h2-11,14H,12-13H2,1H3. The van der Waals surface area contributed by atoms with Gasteiger partial charge in [-0.3, -0.25) is 9.10 Å². The SMILES string of the molecule is Cc1nc(CN(C(=O)CN2c3cccc4cccc(c34)S2(=O)=O)c2ccc(F)cc2)cs1. The summed E-state index contributed by atoms with van der Waals surface area (Å²) < 4.78 is 41.2. The summed E-state index contributed by atoms with van der Waals surface area (Å²) in [5.74, 6) is -0.856. The molecule has 0 spiro atoms. The van der Waals surface area contributed by atoms with E-state index in [1.165, 1.54) is 40.5 Å². The quantitative estimate of drug-likeness (QED) is 0.434. The molecule has 3 aromatic carbocycles. The van der Waals surface area contributed by atoms with E-state index >= 15 is 0 Å². The third-order valence-electron chi connectivity index (χ3n) is 5.39. The summed E-state index contributed by atoms with van der Waals surface area (Å²) in [7, 11) is -3.87. The van der Waals surface area contributed by atoms with Gasteiger partial charge in [0.05, 0.1) is 27.8 Å². The van der Waals surface area contributed by atoms with Crippen molar-refractivity contribution in [3.8, 4) is 0 Å². The molecule has 0 atom stereocenters. The number of rotatable bonds is 5. The van der Waals surface area contributed by atoms with Crippen molar-refractivity contribution in [3.05, 3.63) is 82.6 Å². The molecule has 2 heterocycles. The topological polar surface area (TPSA) is 70.6 Å². The largest absolute Gasteiger partial charge is 0.305 e. The zero-order valence-corrected chi connectivity index (χ0v) is 18.7. The molecule has 0 unspecified atom stereocenters. The molecule has 1 amide bonds. The number of halogens is 1. The number of nitrogens with zero attached hydrogens (tertiary/aromatic N) is 3. The summed E-state index contributed by atoms with van der Waals surface area (Å²) in [4.78, 5) is 19.5. The van der Waals surface area contributed by atoms with E-state index in [0.717, 1.165) is 14.7 Å². The molecular formula is C23H18FN3O3S2. The molecule has 32 heavy (non-hydrogen) atoms. The van der Waals surface area contributed by atoms with Crippen LogP contribution in [0, 0.1) is 12.7 Å². The van der Waals surface area contributed by atoms with E-state index in [1.807, 2.05) is 24.4 Å². The zero-order valence-electron chi connectivity index (χ0n) is 17.0. The third-order valence-corrected chi connectivity index (χ3v) is 8.01. The maximum atomic E-state index is 13.5. The Labute approximate surface area is 188 Å². The smallest absolute Gasteiger partial charge is 0.265 e. The Morgan fingerprint density at radius 2 is 1.81 bits per heavy atom. The van der Waals surface area contributed by atoms with Crippen molar-refractivity contribution in [1.82, 2.24) is 4.98 Å². The number of hydrogen-bond donors (Lipinski definition) is 0. The molecule has 4 aromatic rings. The van der Waals surface area contributed by atoms with Gasteiger partial charge in [0, 0.05) is 16.5 Å². The Balaban J connectivity index is 1.52. The Morgan fingerprint density at radius 1 is 1.09 bits per heavy atom. The number of anilines is 2. The summed E-state index contributed by atoms with van der Waals surface area (Å²) in [5.41, 5.74) is 1.63. The van der Waals surface area contributed by atoms with Crippen molar-refractivity contribution in [3.63, 3.8) is 0 Å². The second kappa shape index (κ2) is 7.68. The normalized spacial score (nSPS) is 14.1. The summed E-state index contributed by atoms with van der Waals surface area (Å²) in [6.45, 7) is 1.64. The Hall–Kier alpha value is -3.30. The molecular weight excluding hydrogens is 449 g/mol. The van der Waals surface area contributed by atoms with Gasteiger partial charge >= 0.3 is 0 Å². The number of aryl methyl sites for hydroxylation is 1. The van der Waals surface area contributed by atoms with E-state index in [0.29, 0.717) is 22.5 Å². The lowest BCUT2D eigenvalue weighted by atomic mass is 10.1. The molecule has 1 aliphatic rings. The molecule has 5 rings (SSSR count). The second-order valence-electron chi connectivity index (χ2n) is 7.46. The van der Waals surface area contributed by atoms with Crippen LogP contribution >= 0.6 is 11.3 Å². The predicted octanol–water partition coefficient (Wildman–Crippen LogP) is 4.49. The van der Waals surface area contributed by atoms with Crippen LogP contribution in [0.25, 0.3) is 10.8 Å². The zero-order chi connectivity index (χ0) is 22.5. The van der Waals surface area contributed by atoms with Crippen molar-refractivity contribution < 1.29 is 17.6 Å². The lowest BCUT2D eigenvalue weighted by Gasteiger charge is -2.26. The number of hydrogen-bond acceptors (Lipinski definition) is 5. The monoisotopic (exact) mass is 467 g/mol. The van der Waals surface area contributed by atoms with Gasteiger partial charge in [-0.25, -0.2) is 17.8 Å². The van der Waals surface area contributed by atoms with Crippen LogP contribution in [0.1, 0.15) is 10.7 Å². The van der Waals surface area contributed by atoms with Crippen molar-refractivity contribution in [2.45, 2.75) is 18.4 Å². The maximum Gasteiger partial charge on any atom is 0.265 e. The fourth-order valence-electron chi connectivity index (χ4n) is 3.92. The van der Waals surface area contributed by atoms with Crippen molar-refractivity contribution in [2.24, 2.45) is 0 Å². The molecule has 0 bridgehead atoms. The first-order valence-corrected chi connectivity index (χ1v) is 12.2. The number of amides is 1. The van der Waals surface area contributed by atoms with Gasteiger partial charge in [-0.05, 0) is 48.7 Å². The van der Waals surface area contributed by atoms with Crippen molar-refractivity contribution in [2.75, 3.05) is 15.7 Å². The number of sulfonamides is 1. The van der Waals surface area contributed by atoms with Gasteiger partial charge in [-0.2, -0.15) is 0 Å². The van der Waals surface area contributed by atoms with E-state index in [9.17, 15) is 17.6 Å². The van der Waals surface area contributed by atoms with E-state index in [2.05, 4.69) is 4.98 Å². The first-order chi connectivity index (χ1) is 15.3. The van der Waals surface area contributed by atoms with Crippen LogP contribution in [0.15, 0.2) is 70.9 Å². The van der Waals surface area contributed by atoms with Crippen LogP contribution in [-0.4, -0.2) is 25.9 Å². The van der Waals surface area contributed by atoms with Gasteiger partial charge in [0.2, 0.25) is 5.91 Å². The predicted molar refractivity (Wildman–Crippen MR) is 123 cm³/mol. The first-order valence-electron chi connectivity index (χ1n) is 9.86. The van der Waals surface area contributed by atoms with Crippen LogP contribution in [0.5, 0.6) is 0 Å². The lowest BCUT2D eigenvalue weighted by molar-refractivity contribution is -0.117. The number of benzene rings is 3. The van der Waals surface area contributed by atoms with E-state index < -0.39 is 21.7 Å². The Morgan fingerprint density at radius 3 is 2.50 bits per heavy atom. The summed E-state index contributed by atoms with van der Waals surface area (Å²) in [5, 5.41) is 4.12. The van der Waals surface area contributed by atoms with Crippen LogP contribution < -0.4 is 9.21 Å². The molecule has 162 valence electrons. The van der Waals surface area contributed by atoms with Crippen LogP contribution in [0.3, 0.4) is 0 Å². The molecule has 0 radical (unpaired) electrons. The van der Waals surface area contributed by atoms with E-state index in [-0.39, 0.29) is 18.0 Å². The first kappa shape index (κ1) is 20.6. The van der Waals surface area contributed by atoms with Gasteiger partial charge in [-0.15, -0.1) is 11.3 Å². The van der Waals surface area contributed by atoms with Crippen LogP contribution in [0.2, 0.25) is 0 Å². The minimum Gasteiger partial charge on any atom is -0.305 e. The fraction of sp³-hybridized carbons (Fsp3) is 0.130. The average Bonchev–Trinajstić information content (AvgIpc) is 3.28. The van der Waals surface area contributed by atoms with Crippen LogP contribution in [-0.2, 0) is 21.4 Å². The fourth-order valence-corrected chi connectivity index (χ4v) is 6.19. The molecule has 9 heteroatoms. The molecule has 1 aromatic heterocycles. The van der Waals surface area contributed by atoms with Crippen molar-refractivity contribution >= 4 is 49.4 Å². The number of aromatic nitrogens is 1. The van der Waals surface area contributed by atoms with Gasteiger partial charge < -0.3 is 4.90 Å². The van der Waals surface area contributed by atoms with E-state index in [4.69, 9.17) is 0 Å². The molecule has 0 N–H and O–H groups in total. The maximum absolute atomic E-state index is 13.5. The number of carbonyl (C=O) groups excluding carboxylic acids is 1. The molecule has 0 saturated heterocycles. The highest BCUT2D eigenvalue weighted by atomic mass is 32.2. The second-order valence-corrected chi connectivity index (χ2v) is 10.4. The number of carbonyl (C=O) groups is 1. The lowest BCUT2D eigenvalue weighted by Crippen LogP contribution is -2.41. The molecule has 0 saturated carbocycles. The average molecular weight is 468 g/mol. The van der Waals surface area contributed by atoms with Gasteiger partial charge in [0.1, 0.15) is 12.4 Å². The molecule has 6 nitrogen and oxygen atoms in total. The third kappa shape index (κ3) is 3.43. The summed E-state index contributed by atoms with van der Waals surface area (Å²) >= 11 is 1.46. The molecule has 1 aliphatic heterocycles. The number of thiazole rings is 1. The highest BCUT2D eigenvalue weighted by Crippen LogP contribution is 2.42. The van der Waals surface area contributed by atoms with Gasteiger partial charge in [0.25, 0.3) is 10.0 Å². The summed E-state index contributed by atoms with van der Waals surface area (Å²) in [6, 6.07) is 16.0. The highest BCUT2D eigenvalue weighted by molar-refractivity contribution is 7.93. The Kier molecular flexibility index (Phi) is 4.94.